The average molecular weight is 422 g/mol. The zero-order chi connectivity index (χ0) is 20.5. The second-order valence-corrected chi connectivity index (χ2v) is 9.06. The second-order valence-electron chi connectivity index (χ2n) is 6.12. The number of amidine groups is 2. The SMILES string of the molecule is Cc1ccccc1NC1=NS(=O)N=C1Nc1cccc(S(=O)(=O)N(C)C)c1O. The lowest BCUT2D eigenvalue weighted by Gasteiger charge is -2.16. The van der Waals surface area contributed by atoms with E-state index in [-0.39, 0.29) is 22.3 Å². The van der Waals surface area contributed by atoms with Crippen LogP contribution in [0.15, 0.2) is 56.2 Å². The number of nitrogens with zero attached hydrogens (tertiary/aromatic N) is 3. The van der Waals surface area contributed by atoms with E-state index >= 15 is 0 Å². The van der Waals surface area contributed by atoms with Crippen LogP contribution in [0.25, 0.3) is 0 Å². The molecule has 0 amide bonds. The van der Waals surface area contributed by atoms with Gasteiger partial charge in [0.15, 0.2) is 17.4 Å². The predicted octanol–water partition coefficient (Wildman–Crippen LogP) is 1.86. The lowest BCUT2D eigenvalue weighted by atomic mass is 10.2. The van der Waals surface area contributed by atoms with Gasteiger partial charge in [0.25, 0.3) is 11.2 Å². The minimum absolute atomic E-state index is 0.0971. The molecule has 2 aromatic carbocycles. The summed E-state index contributed by atoms with van der Waals surface area (Å²) < 4.78 is 45.4. The van der Waals surface area contributed by atoms with E-state index in [0.717, 1.165) is 15.6 Å². The number of aromatic hydroxyl groups is 1. The Hall–Kier alpha value is -2.76. The van der Waals surface area contributed by atoms with Crippen LogP contribution in [0.2, 0.25) is 0 Å². The molecule has 3 N–H and O–H groups in total. The van der Waals surface area contributed by atoms with Crippen LogP contribution in [0.1, 0.15) is 5.56 Å². The number of nitrogens with one attached hydrogen (secondary N) is 2. The molecule has 0 radical (unpaired) electrons. The number of benzene rings is 2. The van der Waals surface area contributed by atoms with Gasteiger partial charge in [0, 0.05) is 19.8 Å². The quantitative estimate of drug-likeness (QED) is 0.648. The van der Waals surface area contributed by atoms with Crippen LogP contribution < -0.4 is 10.6 Å². The van der Waals surface area contributed by atoms with E-state index in [2.05, 4.69) is 19.4 Å². The standard InChI is InChI=1S/C17H19N5O4S2/c1-11-7-4-5-8-12(11)18-16-17(21-27(24)20-16)19-13-9-6-10-14(15(13)23)28(25,26)22(2)3/h4-10,23H,1-3H3,(H,18,20)(H,19,21). The maximum Gasteiger partial charge on any atom is 0.269 e. The summed E-state index contributed by atoms with van der Waals surface area (Å²) in [4.78, 5) is -0.257. The minimum Gasteiger partial charge on any atom is -0.504 e. The Morgan fingerprint density at radius 3 is 2.14 bits per heavy atom. The van der Waals surface area contributed by atoms with Crippen LogP contribution in [0.3, 0.4) is 0 Å². The first-order valence-electron chi connectivity index (χ1n) is 8.14. The highest BCUT2D eigenvalue weighted by atomic mass is 32.2. The van der Waals surface area contributed by atoms with Gasteiger partial charge in [-0.15, -0.1) is 8.80 Å². The third-order valence-corrected chi connectivity index (χ3v) is 6.50. The van der Waals surface area contributed by atoms with E-state index in [4.69, 9.17) is 0 Å². The first kappa shape index (κ1) is 20.0. The van der Waals surface area contributed by atoms with Gasteiger partial charge in [-0.05, 0) is 30.7 Å². The Labute approximate surface area is 165 Å². The Morgan fingerprint density at radius 2 is 1.54 bits per heavy atom. The molecular formula is C17H19N5O4S2. The Kier molecular flexibility index (Phi) is 5.49. The number of hydrogen-bond acceptors (Lipinski definition) is 6. The normalized spacial score (nSPS) is 16.6. The fraction of sp³-hybridized carbons (Fsp3) is 0.176. The molecule has 0 bridgehead atoms. The van der Waals surface area contributed by atoms with E-state index in [9.17, 15) is 17.7 Å². The van der Waals surface area contributed by atoms with Crippen LogP contribution in [0.4, 0.5) is 11.4 Å². The number of sulfonamides is 1. The molecule has 2 aromatic rings. The molecule has 0 fully saturated rings. The molecule has 28 heavy (non-hydrogen) atoms. The monoisotopic (exact) mass is 421 g/mol. The van der Waals surface area contributed by atoms with Gasteiger partial charge in [-0.3, -0.25) is 0 Å². The third-order valence-electron chi connectivity index (χ3n) is 3.97. The Bertz CT molecular complexity index is 1110. The van der Waals surface area contributed by atoms with Crippen molar-refractivity contribution in [2.24, 2.45) is 8.80 Å². The summed E-state index contributed by atoms with van der Waals surface area (Å²) in [7, 11) is -1.10. The smallest absolute Gasteiger partial charge is 0.269 e. The molecule has 0 spiro atoms. The van der Waals surface area contributed by atoms with Gasteiger partial charge in [-0.2, -0.15) is 0 Å². The highest BCUT2D eigenvalue weighted by Crippen LogP contribution is 2.32. The largest absolute Gasteiger partial charge is 0.504 e. The lowest BCUT2D eigenvalue weighted by Crippen LogP contribution is -2.28. The highest BCUT2D eigenvalue weighted by molar-refractivity contribution is 7.89. The van der Waals surface area contributed by atoms with Crippen LogP contribution >= 0.6 is 0 Å². The molecule has 148 valence electrons. The topological polar surface area (TPSA) is 123 Å². The van der Waals surface area contributed by atoms with Crippen molar-refractivity contribution in [1.29, 1.82) is 0 Å². The first-order valence-corrected chi connectivity index (χ1v) is 10.6. The molecule has 0 saturated heterocycles. The zero-order valence-corrected chi connectivity index (χ0v) is 17.0. The minimum atomic E-state index is -3.84. The Morgan fingerprint density at radius 1 is 0.964 bits per heavy atom. The van der Waals surface area contributed by atoms with Crippen molar-refractivity contribution >= 4 is 44.2 Å². The average Bonchev–Trinajstić information content (AvgIpc) is 2.97. The number of rotatable bonds is 4. The van der Waals surface area contributed by atoms with E-state index < -0.39 is 26.9 Å². The van der Waals surface area contributed by atoms with E-state index in [1.54, 1.807) is 0 Å². The number of aryl methyl sites for hydroxylation is 1. The van der Waals surface area contributed by atoms with Crippen LogP contribution in [-0.4, -0.2) is 47.8 Å². The molecule has 0 saturated carbocycles. The van der Waals surface area contributed by atoms with Crippen molar-refractivity contribution in [1.82, 2.24) is 4.31 Å². The molecule has 3 rings (SSSR count). The fourth-order valence-corrected chi connectivity index (χ4v) is 4.04. The summed E-state index contributed by atoms with van der Waals surface area (Å²) in [5.41, 5.74) is 1.80. The van der Waals surface area contributed by atoms with Gasteiger partial charge >= 0.3 is 0 Å². The first-order chi connectivity index (χ1) is 13.2. The van der Waals surface area contributed by atoms with Crippen molar-refractivity contribution < 1.29 is 17.7 Å². The molecule has 0 aliphatic carbocycles. The van der Waals surface area contributed by atoms with Crippen molar-refractivity contribution in [2.75, 3.05) is 24.7 Å². The molecule has 1 aliphatic rings. The third kappa shape index (κ3) is 3.91. The van der Waals surface area contributed by atoms with Crippen molar-refractivity contribution in [2.45, 2.75) is 11.8 Å². The number of para-hydroxylation sites is 2. The van der Waals surface area contributed by atoms with Gasteiger partial charge in [0.2, 0.25) is 10.0 Å². The summed E-state index contributed by atoms with van der Waals surface area (Å²) in [6.07, 6.45) is 0. The summed E-state index contributed by atoms with van der Waals surface area (Å²) in [5.74, 6) is -0.129. The summed E-state index contributed by atoms with van der Waals surface area (Å²) in [6.45, 7) is 1.90. The molecular weight excluding hydrogens is 402 g/mol. The van der Waals surface area contributed by atoms with Gasteiger partial charge in [0.1, 0.15) is 4.90 Å². The molecule has 11 heteroatoms. The molecule has 0 aromatic heterocycles. The second kappa shape index (κ2) is 7.70. The van der Waals surface area contributed by atoms with Gasteiger partial charge in [0.05, 0.1) is 5.69 Å². The van der Waals surface area contributed by atoms with E-state index in [1.807, 2.05) is 31.2 Å². The van der Waals surface area contributed by atoms with Crippen LogP contribution in [0, 0.1) is 6.92 Å². The van der Waals surface area contributed by atoms with Crippen LogP contribution in [-0.2, 0) is 21.2 Å². The van der Waals surface area contributed by atoms with Crippen molar-refractivity contribution in [3.63, 3.8) is 0 Å². The number of anilines is 2. The Balaban J connectivity index is 1.91. The highest BCUT2D eigenvalue weighted by Gasteiger charge is 2.25. The number of hydrogen-bond donors (Lipinski definition) is 3. The molecule has 1 heterocycles. The predicted molar refractivity (Wildman–Crippen MR) is 110 cm³/mol. The maximum atomic E-state index is 12.4. The van der Waals surface area contributed by atoms with Gasteiger partial charge < -0.3 is 15.7 Å². The summed E-state index contributed by atoms with van der Waals surface area (Å²) in [6, 6.07) is 11.7. The fourth-order valence-electron chi connectivity index (χ4n) is 2.42. The van der Waals surface area contributed by atoms with Crippen LogP contribution in [0.5, 0.6) is 5.75 Å². The lowest BCUT2D eigenvalue weighted by molar-refractivity contribution is 0.455. The maximum absolute atomic E-state index is 12.4. The summed E-state index contributed by atoms with van der Waals surface area (Å²) >= 11 is -1.83. The number of phenolic OH excluding ortho intramolecular Hbond substituents is 1. The van der Waals surface area contributed by atoms with E-state index in [1.165, 1.54) is 32.3 Å². The number of phenols is 1. The molecule has 9 nitrogen and oxygen atoms in total. The zero-order valence-electron chi connectivity index (χ0n) is 15.4. The molecule has 1 aliphatic heterocycles. The molecule has 1 unspecified atom stereocenters. The van der Waals surface area contributed by atoms with Gasteiger partial charge in [-0.1, -0.05) is 24.3 Å². The molecule has 1 atom stereocenters. The summed E-state index contributed by atoms with van der Waals surface area (Å²) in [5, 5.41) is 16.3. The van der Waals surface area contributed by atoms with Crippen molar-refractivity contribution in [3.05, 3.63) is 48.0 Å². The van der Waals surface area contributed by atoms with E-state index in [0.29, 0.717) is 0 Å². The van der Waals surface area contributed by atoms with Gasteiger partial charge in [-0.25, -0.2) is 16.9 Å². The van der Waals surface area contributed by atoms with Crippen molar-refractivity contribution in [3.8, 4) is 5.75 Å².